The molecule has 0 aliphatic heterocycles. The van der Waals surface area contributed by atoms with Gasteiger partial charge in [0.2, 0.25) is 0 Å². The van der Waals surface area contributed by atoms with E-state index in [1.54, 1.807) is 0 Å². The minimum absolute atomic E-state index is 1.22. The standard InChI is InChI=1S/C19H34N.ClHO4/c1-4-7-15-20(16-8-5-2,17-9-6-3)18-19-13-11-10-12-14-19;2-1(3,4)5/h10-14H,4-9,15-18H2,1-3H3;(H,2,3,4,5)/q+1;. The van der Waals surface area contributed by atoms with Crippen molar-refractivity contribution in [2.75, 3.05) is 19.6 Å². The second-order valence-electron chi connectivity index (χ2n) is 6.61. The van der Waals surface area contributed by atoms with Crippen molar-refractivity contribution in [1.29, 1.82) is 0 Å². The van der Waals surface area contributed by atoms with Crippen LogP contribution in [0.5, 0.6) is 0 Å². The van der Waals surface area contributed by atoms with Crippen LogP contribution in [0.15, 0.2) is 30.3 Å². The Labute approximate surface area is 155 Å². The molecule has 146 valence electrons. The summed E-state index contributed by atoms with van der Waals surface area (Å²) in [5, 5.41) is 0. The SMILES string of the molecule is CCCC[N+](CCCC)(CCCC)Cc1ccccc1.[O-][Cl+3]([O-])([O-])O. The van der Waals surface area contributed by atoms with Crippen LogP contribution in [0.1, 0.15) is 64.9 Å². The molecule has 0 aliphatic rings. The second-order valence-corrected chi connectivity index (χ2v) is 7.40. The molecule has 0 amide bonds. The van der Waals surface area contributed by atoms with E-state index in [0.29, 0.717) is 0 Å². The zero-order chi connectivity index (χ0) is 19.2. The molecule has 1 rings (SSSR count). The first kappa shape index (κ1) is 24.3. The lowest BCUT2D eigenvalue weighted by Gasteiger charge is -2.39. The summed E-state index contributed by atoms with van der Waals surface area (Å²) in [6.45, 7) is 12.2. The highest BCUT2D eigenvalue weighted by Crippen LogP contribution is 2.19. The summed E-state index contributed by atoms with van der Waals surface area (Å²) in [7, 11) is -4.69. The fourth-order valence-corrected chi connectivity index (χ4v) is 3.02. The summed E-state index contributed by atoms with van der Waals surface area (Å²) in [6, 6.07) is 11.1. The summed E-state index contributed by atoms with van der Waals surface area (Å²) >= 11 is 0. The maximum atomic E-state index is 8.60. The zero-order valence-corrected chi connectivity index (χ0v) is 16.7. The maximum absolute atomic E-state index is 8.60. The van der Waals surface area contributed by atoms with Gasteiger partial charge < -0.3 is 4.48 Å². The van der Waals surface area contributed by atoms with E-state index in [0.717, 1.165) is 0 Å². The summed E-state index contributed by atoms with van der Waals surface area (Å²) in [4.78, 5) is 0. The first-order valence-corrected chi connectivity index (χ1v) is 10.5. The Kier molecular flexibility index (Phi) is 13.1. The molecule has 6 heteroatoms. The lowest BCUT2D eigenvalue weighted by Crippen LogP contribution is -2.58. The molecule has 0 spiro atoms. The number of quaternary nitrogens is 1. The average Bonchev–Trinajstić information content (AvgIpc) is 2.55. The van der Waals surface area contributed by atoms with Crippen molar-refractivity contribution in [3.05, 3.63) is 35.9 Å². The first-order chi connectivity index (χ1) is 11.8. The molecule has 0 aromatic heterocycles. The molecule has 0 unspecified atom stereocenters. The number of unbranched alkanes of at least 4 members (excludes halogenated alkanes) is 3. The minimum atomic E-state index is -4.69. The average molecular weight is 377 g/mol. The van der Waals surface area contributed by atoms with Crippen molar-refractivity contribution >= 4 is 0 Å². The third-order valence-corrected chi connectivity index (χ3v) is 4.32. The van der Waals surface area contributed by atoms with Crippen LogP contribution < -0.4 is 14.0 Å². The fourth-order valence-electron chi connectivity index (χ4n) is 3.02. The van der Waals surface area contributed by atoms with Gasteiger partial charge in [0.25, 0.3) is 0 Å². The van der Waals surface area contributed by atoms with Crippen LogP contribution in [0, 0.1) is 10.2 Å². The summed E-state index contributed by atoms with van der Waals surface area (Å²) in [5.41, 5.74) is 1.51. The molecule has 1 aromatic rings. The Hall–Kier alpha value is -0.690. The summed E-state index contributed by atoms with van der Waals surface area (Å²) < 4.78 is 34.0. The predicted molar refractivity (Wildman–Crippen MR) is 92.0 cm³/mol. The van der Waals surface area contributed by atoms with E-state index in [-0.39, 0.29) is 0 Å². The van der Waals surface area contributed by atoms with Crippen molar-refractivity contribution in [3.8, 4) is 0 Å². The number of nitrogens with zero attached hydrogens (tertiary/aromatic N) is 1. The number of rotatable bonds is 11. The topological polar surface area (TPSA) is 89.4 Å². The van der Waals surface area contributed by atoms with E-state index in [9.17, 15) is 0 Å². The van der Waals surface area contributed by atoms with Gasteiger partial charge in [-0.05, 0) is 19.3 Å². The molecule has 0 atom stereocenters. The van der Waals surface area contributed by atoms with Gasteiger partial charge in [-0.3, -0.25) is 0 Å². The van der Waals surface area contributed by atoms with Crippen LogP contribution in [-0.2, 0) is 6.54 Å². The number of benzene rings is 1. The second kappa shape index (κ2) is 13.5. The van der Waals surface area contributed by atoms with Gasteiger partial charge in [0.15, 0.2) is 0 Å². The lowest BCUT2D eigenvalue weighted by molar-refractivity contribution is -1.92. The van der Waals surface area contributed by atoms with Crippen molar-refractivity contribution in [3.63, 3.8) is 0 Å². The normalized spacial score (nSPS) is 11.8. The van der Waals surface area contributed by atoms with E-state index >= 15 is 0 Å². The highest BCUT2D eigenvalue weighted by molar-refractivity contribution is 5.13. The van der Waals surface area contributed by atoms with E-state index in [1.807, 2.05) is 0 Å². The molecule has 0 aliphatic carbocycles. The van der Waals surface area contributed by atoms with Gasteiger partial charge in [0.05, 0.1) is 34.5 Å². The summed E-state index contributed by atoms with van der Waals surface area (Å²) in [5.74, 6) is 0. The van der Waals surface area contributed by atoms with Crippen LogP contribution in [0.3, 0.4) is 0 Å². The fraction of sp³-hybridized carbons (Fsp3) is 0.684. The van der Waals surface area contributed by atoms with Crippen molar-refractivity contribution in [2.24, 2.45) is 0 Å². The Morgan fingerprint density at radius 1 is 0.800 bits per heavy atom. The minimum Gasteiger partial charge on any atom is -0.320 e. The van der Waals surface area contributed by atoms with Gasteiger partial charge in [0, 0.05) is 5.56 Å². The monoisotopic (exact) mass is 376 g/mol. The number of halogens is 1. The molecule has 0 radical (unpaired) electrons. The van der Waals surface area contributed by atoms with Gasteiger partial charge >= 0.3 is 0 Å². The molecule has 0 heterocycles. The molecule has 0 fully saturated rings. The quantitative estimate of drug-likeness (QED) is 0.589. The van der Waals surface area contributed by atoms with Gasteiger partial charge in [-0.25, -0.2) is 0 Å². The largest absolute Gasteiger partial charge is 0.320 e. The molecule has 0 saturated carbocycles. The molecular formula is C19H35ClNO4+. The van der Waals surface area contributed by atoms with Crippen LogP contribution in [0.2, 0.25) is 0 Å². The number of hydrogen-bond donors (Lipinski definition) is 1. The van der Waals surface area contributed by atoms with Crippen molar-refractivity contribution in [2.45, 2.75) is 65.8 Å². The third kappa shape index (κ3) is 14.2. The van der Waals surface area contributed by atoms with E-state index in [4.69, 9.17) is 18.6 Å². The molecule has 25 heavy (non-hydrogen) atoms. The van der Waals surface area contributed by atoms with Gasteiger partial charge in [-0.15, -0.1) is 0 Å². The molecular weight excluding hydrogens is 342 g/mol. The Bertz CT molecular complexity index is 395. The molecule has 5 nitrogen and oxygen atoms in total. The van der Waals surface area contributed by atoms with Crippen LogP contribution in [0.4, 0.5) is 0 Å². The van der Waals surface area contributed by atoms with E-state index < -0.39 is 10.2 Å². The molecule has 0 bridgehead atoms. The van der Waals surface area contributed by atoms with Crippen LogP contribution in [-0.4, -0.2) is 28.8 Å². The van der Waals surface area contributed by atoms with Crippen LogP contribution >= 0.6 is 0 Å². The van der Waals surface area contributed by atoms with E-state index in [2.05, 4.69) is 51.1 Å². The van der Waals surface area contributed by atoms with Crippen molar-refractivity contribution in [1.82, 2.24) is 0 Å². The van der Waals surface area contributed by atoms with E-state index in [1.165, 1.54) is 74.8 Å². The Morgan fingerprint density at radius 3 is 1.48 bits per heavy atom. The third-order valence-electron chi connectivity index (χ3n) is 4.32. The highest BCUT2D eigenvalue weighted by Gasteiger charge is 2.25. The van der Waals surface area contributed by atoms with Crippen LogP contribution in [0.25, 0.3) is 0 Å². The molecule has 0 saturated heterocycles. The Balaban J connectivity index is 0.00000101. The molecule has 1 N–H and O–H groups in total. The summed E-state index contributed by atoms with van der Waals surface area (Å²) in [6.07, 6.45) is 8.02. The smallest absolute Gasteiger partial charge is 0.104 e. The highest BCUT2D eigenvalue weighted by atomic mass is 35.7. The first-order valence-electron chi connectivity index (χ1n) is 9.28. The van der Waals surface area contributed by atoms with Crippen molar-refractivity contribution < 1.29 is 33.4 Å². The lowest BCUT2D eigenvalue weighted by atomic mass is 10.1. The van der Waals surface area contributed by atoms with Gasteiger partial charge in [0.1, 0.15) is 6.54 Å². The zero-order valence-electron chi connectivity index (χ0n) is 16.0. The Morgan fingerprint density at radius 2 is 1.16 bits per heavy atom. The number of hydrogen-bond acceptors (Lipinski definition) is 4. The predicted octanol–water partition coefficient (Wildman–Crippen LogP) is 1.28. The molecule has 1 aromatic carbocycles. The maximum Gasteiger partial charge on any atom is 0.104 e. The van der Waals surface area contributed by atoms with Gasteiger partial charge in [-0.2, -0.15) is 14.0 Å². The van der Waals surface area contributed by atoms with Gasteiger partial charge in [-0.1, -0.05) is 70.4 Å².